The van der Waals surface area contributed by atoms with Crippen LogP contribution in [0.4, 0.5) is 0 Å². The van der Waals surface area contributed by atoms with E-state index in [4.69, 9.17) is 4.74 Å². The van der Waals surface area contributed by atoms with Gasteiger partial charge in [-0.1, -0.05) is 26.7 Å². The van der Waals surface area contributed by atoms with E-state index in [2.05, 4.69) is 36.1 Å². The summed E-state index contributed by atoms with van der Waals surface area (Å²) in [4.78, 5) is 6.46. The number of nitrogens with zero attached hydrogens (tertiary/aromatic N) is 2. The van der Waals surface area contributed by atoms with E-state index in [0.29, 0.717) is 0 Å². The monoisotopic (exact) mass is 385 g/mol. The van der Waals surface area contributed by atoms with Gasteiger partial charge in [-0.25, -0.2) is 0 Å². The SMILES string of the molecule is CCCCOCCCNC(=NC)N(C)CCCC.I. The van der Waals surface area contributed by atoms with Gasteiger partial charge in [-0.3, -0.25) is 4.99 Å². The van der Waals surface area contributed by atoms with Gasteiger partial charge in [0.05, 0.1) is 0 Å². The zero-order valence-corrected chi connectivity index (χ0v) is 15.4. The highest BCUT2D eigenvalue weighted by atomic mass is 127. The Morgan fingerprint density at radius 2 is 1.74 bits per heavy atom. The van der Waals surface area contributed by atoms with Crippen molar-refractivity contribution in [2.45, 2.75) is 46.0 Å². The molecule has 4 nitrogen and oxygen atoms in total. The quantitative estimate of drug-likeness (QED) is 0.272. The number of unbranched alkanes of at least 4 members (excludes halogenated alkanes) is 2. The molecule has 0 bridgehead atoms. The average molecular weight is 385 g/mol. The highest BCUT2D eigenvalue weighted by Gasteiger charge is 2.03. The van der Waals surface area contributed by atoms with E-state index < -0.39 is 0 Å². The third-order valence-corrected chi connectivity index (χ3v) is 2.81. The standard InChI is InChI=1S/C14H31N3O.HI/c1-5-7-11-17(4)14(15-3)16-10-9-13-18-12-8-6-2;/h5-13H2,1-4H3,(H,15,16);1H. The van der Waals surface area contributed by atoms with E-state index in [1.54, 1.807) is 0 Å². The minimum atomic E-state index is 0. The molecule has 19 heavy (non-hydrogen) atoms. The van der Waals surface area contributed by atoms with Crippen molar-refractivity contribution in [3.05, 3.63) is 0 Å². The van der Waals surface area contributed by atoms with Crippen molar-refractivity contribution in [2.24, 2.45) is 4.99 Å². The van der Waals surface area contributed by atoms with Crippen molar-refractivity contribution in [2.75, 3.05) is 40.4 Å². The number of guanidine groups is 1. The third-order valence-electron chi connectivity index (χ3n) is 2.81. The minimum Gasteiger partial charge on any atom is -0.381 e. The van der Waals surface area contributed by atoms with Crippen LogP contribution in [0.25, 0.3) is 0 Å². The molecular weight excluding hydrogens is 353 g/mol. The Bertz CT molecular complexity index is 213. The van der Waals surface area contributed by atoms with Gasteiger partial charge < -0.3 is 15.0 Å². The molecular formula is C14H32IN3O. The lowest BCUT2D eigenvalue weighted by Crippen LogP contribution is -2.40. The van der Waals surface area contributed by atoms with Crippen molar-refractivity contribution >= 4 is 29.9 Å². The summed E-state index contributed by atoms with van der Waals surface area (Å²) in [7, 11) is 3.92. The van der Waals surface area contributed by atoms with Gasteiger partial charge in [-0.05, 0) is 19.3 Å². The van der Waals surface area contributed by atoms with Gasteiger partial charge in [0, 0.05) is 40.4 Å². The van der Waals surface area contributed by atoms with Crippen molar-refractivity contribution < 1.29 is 4.74 Å². The number of rotatable bonds is 10. The second-order valence-electron chi connectivity index (χ2n) is 4.57. The molecule has 0 saturated carbocycles. The Morgan fingerprint density at radius 1 is 1.11 bits per heavy atom. The van der Waals surface area contributed by atoms with E-state index in [1.807, 2.05) is 7.05 Å². The molecule has 0 saturated heterocycles. The summed E-state index contributed by atoms with van der Waals surface area (Å²) < 4.78 is 5.52. The molecule has 0 amide bonds. The van der Waals surface area contributed by atoms with Gasteiger partial charge in [-0.15, -0.1) is 24.0 Å². The Morgan fingerprint density at radius 3 is 2.32 bits per heavy atom. The first kappa shape index (κ1) is 21.3. The maximum Gasteiger partial charge on any atom is 0.193 e. The lowest BCUT2D eigenvalue weighted by molar-refractivity contribution is 0.129. The van der Waals surface area contributed by atoms with Crippen LogP contribution in [0.1, 0.15) is 46.0 Å². The first-order chi connectivity index (χ1) is 8.76. The van der Waals surface area contributed by atoms with E-state index in [1.165, 1.54) is 19.3 Å². The van der Waals surface area contributed by atoms with Gasteiger partial charge in [0.2, 0.25) is 0 Å². The van der Waals surface area contributed by atoms with Crippen LogP contribution in [-0.4, -0.2) is 51.3 Å². The van der Waals surface area contributed by atoms with Crippen LogP contribution < -0.4 is 5.32 Å². The molecule has 0 aromatic carbocycles. The van der Waals surface area contributed by atoms with Crippen molar-refractivity contribution in [3.8, 4) is 0 Å². The van der Waals surface area contributed by atoms with Crippen LogP contribution in [0.3, 0.4) is 0 Å². The fourth-order valence-electron chi connectivity index (χ4n) is 1.61. The summed E-state index contributed by atoms with van der Waals surface area (Å²) in [5.74, 6) is 0.983. The lowest BCUT2D eigenvalue weighted by atomic mass is 10.3. The minimum absolute atomic E-state index is 0. The summed E-state index contributed by atoms with van der Waals surface area (Å²) in [6.07, 6.45) is 5.82. The molecule has 0 aliphatic carbocycles. The zero-order valence-electron chi connectivity index (χ0n) is 13.1. The Hall–Kier alpha value is -0.0400. The topological polar surface area (TPSA) is 36.9 Å². The van der Waals surface area contributed by atoms with E-state index >= 15 is 0 Å². The molecule has 0 radical (unpaired) electrons. The Kier molecular flexibility index (Phi) is 17.9. The zero-order chi connectivity index (χ0) is 13.6. The molecule has 0 spiro atoms. The third kappa shape index (κ3) is 12.7. The number of halogens is 1. The molecule has 0 rings (SSSR count). The summed E-state index contributed by atoms with van der Waals surface area (Å²) in [6, 6.07) is 0. The van der Waals surface area contributed by atoms with E-state index in [9.17, 15) is 0 Å². The Labute approximate surface area is 136 Å². The van der Waals surface area contributed by atoms with Crippen molar-refractivity contribution in [3.63, 3.8) is 0 Å². The van der Waals surface area contributed by atoms with Gasteiger partial charge in [-0.2, -0.15) is 0 Å². The van der Waals surface area contributed by atoms with Crippen LogP contribution in [-0.2, 0) is 4.74 Å². The molecule has 5 heteroatoms. The molecule has 0 aromatic heterocycles. The van der Waals surface area contributed by atoms with E-state index in [-0.39, 0.29) is 24.0 Å². The van der Waals surface area contributed by atoms with Gasteiger partial charge in [0.25, 0.3) is 0 Å². The summed E-state index contributed by atoms with van der Waals surface area (Å²) in [5.41, 5.74) is 0. The number of hydrogen-bond acceptors (Lipinski definition) is 2. The maximum atomic E-state index is 5.52. The second kappa shape index (κ2) is 16.0. The second-order valence-corrected chi connectivity index (χ2v) is 4.57. The Balaban J connectivity index is 0. The largest absolute Gasteiger partial charge is 0.381 e. The predicted octanol–water partition coefficient (Wildman–Crippen LogP) is 3.12. The smallest absolute Gasteiger partial charge is 0.193 e. The van der Waals surface area contributed by atoms with E-state index in [0.717, 1.165) is 45.1 Å². The molecule has 0 aliphatic heterocycles. The molecule has 1 N–H and O–H groups in total. The van der Waals surface area contributed by atoms with Gasteiger partial charge in [0.15, 0.2) is 5.96 Å². The molecule has 0 aliphatic rings. The summed E-state index contributed by atoms with van der Waals surface area (Å²) >= 11 is 0. The molecule has 0 unspecified atom stereocenters. The highest BCUT2D eigenvalue weighted by molar-refractivity contribution is 14.0. The van der Waals surface area contributed by atoms with Crippen LogP contribution in [0, 0.1) is 0 Å². The van der Waals surface area contributed by atoms with Crippen molar-refractivity contribution in [1.29, 1.82) is 0 Å². The van der Waals surface area contributed by atoms with Crippen LogP contribution in [0.2, 0.25) is 0 Å². The van der Waals surface area contributed by atoms with Crippen LogP contribution in [0.5, 0.6) is 0 Å². The number of hydrogen-bond donors (Lipinski definition) is 1. The number of aliphatic imine (C=N–C) groups is 1. The fourth-order valence-corrected chi connectivity index (χ4v) is 1.61. The molecule has 0 atom stereocenters. The predicted molar refractivity (Wildman–Crippen MR) is 94.7 cm³/mol. The van der Waals surface area contributed by atoms with Crippen molar-refractivity contribution in [1.82, 2.24) is 10.2 Å². The number of ether oxygens (including phenoxy) is 1. The molecule has 0 aromatic rings. The lowest BCUT2D eigenvalue weighted by Gasteiger charge is -2.21. The molecule has 0 fully saturated rings. The molecule has 0 heterocycles. The first-order valence-electron chi connectivity index (χ1n) is 7.25. The fraction of sp³-hybridized carbons (Fsp3) is 0.929. The maximum absolute atomic E-state index is 5.52. The van der Waals surface area contributed by atoms with Gasteiger partial charge in [0.1, 0.15) is 0 Å². The van der Waals surface area contributed by atoms with Gasteiger partial charge >= 0.3 is 0 Å². The van der Waals surface area contributed by atoms with Crippen LogP contribution in [0.15, 0.2) is 4.99 Å². The summed E-state index contributed by atoms with van der Waals surface area (Å²) in [5, 5.41) is 3.36. The summed E-state index contributed by atoms with van der Waals surface area (Å²) in [6.45, 7) is 8.10. The molecule has 116 valence electrons. The first-order valence-corrected chi connectivity index (χ1v) is 7.25. The number of nitrogens with one attached hydrogen (secondary N) is 1. The normalized spacial score (nSPS) is 11.1. The highest BCUT2D eigenvalue weighted by Crippen LogP contribution is 1.93. The van der Waals surface area contributed by atoms with Crippen LogP contribution >= 0.6 is 24.0 Å². The average Bonchev–Trinajstić information content (AvgIpc) is 2.39.